The van der Waals surface area contributed by atoms with E-state index in [1.807, 2.05) is 18.2 Å². The molecule has 0 aliphatic carbocycles. The van der Waals surface area contributed by atoms with Crippen molar-refractivity contribution in [2.24, 2.45) is 0 Å². The summed E-state index contributed by atoms with van der Waals surface area (Å²) in [6.07, 6.45) is 0. The van der Waals surface area contributed by atoms with Crippen molar-refractivity contribution in [2.75, 3.05) is 0 Å². The van der Waals surface area contributed by atoms with Crippen LogP contribution in [0.4, 0.5) is 0 Å². The third-order valence-electron chi connectivity index (χ3n) is 3.65. The number of fused-ring (bicyclic) bond motifs is 1. The minimum atomic E-state index is -1.14. The Hall–Kier alpha value is -2.37. The monoisotopic (exact) mass is 346 g/mol. The summed E-state index contributed by atoms with van der Waals surface area (Å²) in [5.41, 5.74) is 0.771. The lowest BCUT2D eigenvalue weighted by Crippen LogP contribution is -2.08. The van der Waals surface area contributed by atoms with Crippen LogP contribution in [0.15, 0.2) is 36.4 Å². The zero-order chi connectivity index (χ0) is 16.7. The number of aromatic carboxylic acids is 2. The number of carbonyl (C=O) groups is 2. The van der Waals surface area contributed by atoms with E-state index in [0.29, 0.717) is 10.6 Å². The number of thiophene rings is 1. The van der Waals surface area contributed by atoms with Gasteiger partial charge in [0.25, 0.3) is 0 Å². The number of hydrogen-bond acceptors (Lipinski definition) is 3. The minimum Gasteiger partial charge on any atom is -0.478 e. The van der Waals surface area contributed by atoms with Gasteiger partial charge in [0.1, 0.15) is 0 Å². The normalized spacial score (nSPS) is 10.9. The van der Waals surface area contributed by atoms with Crippen LogP contribution in [0.2, 0.25) is 5.02 Å². The molecule has 4 nitrogen and oxygen atoms in total. The van der Waals surface area contributed by atoms with E-state index in [0.717, 1.165) is 15.0 Å². The van der Waals surface area contributed by atoms with Crippen LogP contribution in [-0.4, -0.2) is 22.2 Å². The molecule has 0 atom stereocenters. The van der Waals surface area contributed by atoms with Crippen molar-refractivity contribution in [3.63, 3.8) is 0 Å². The molecule has 1 heterocycles. The van der Waals surface area contributed by atoms with Crippen molar-refractivity contribution in [3.8, 4) is 10.4 Å². The van der Waals surface area contributed by atoms with E-state index >= 15 is 0 Å². The van der Waals surface area contributed by atoms with Gasteiger partial charge in [-0.2, -0.15) is 0 Å². The maximum absolute atomic E-state index is 11.7. The zero-order valence-corrected chi connectivity index (χ0v) is 13.5. The highest BCUT2D eigenvalue weighted by Gasteiger charge is 2.21. The fourth-order valence-corrected chi connectivity index (χ4v) is 3.83. The average molecular weight is 347 g/mol. The average Bonchev–Trinajstić information content (AvgIpc) is 2.88. The third kappa shape index (κ3) is 2.69. The Balaban J connectivity index is 2.27. The summed E-state index contributed by atoms with van der Waals surface area (Å²) in [7, 11) is 0. The lowest BCUT2D eigenvalue weighted by molar-refractivity contribution is 0.0696. The second-order valence-electron chi connectivity index (χ2n) is 5.06. The number of hydrogen-bond donors (Lipinski definition) is 2. The van der Waals surface area contributed by atoms with Crippen LogP contribution >= 0.6 is 22.9 Å². The molecule has 0 saturated heterocycles. The summed E-state index contributed by atoms with van der Waals surface area (Å²) in [4.78, 5) is 23.6. The fourth-order valence-electron chi connectivity index (χ4n) is 2.57. The molecule has 0 spiro atoms. The zero-order valence-electron chi connectivity index (χ0n) is 12.0. The first-order chi connectivity index (χ1) is 10.9. The van der Waals surface area contributed by atoms with Crippen molar-refractivity contribution in [1.29, 1.82) is 0 Å². The van der Waals surface area contributed by atoms with E-state index in [9.17, 15) is 19.8 Å². The van der Waals surface area contributed by atoms with Crippen LogP contribution in [0.1, 0.15) is 26.3 Å². The van der Waals surface area contributed by atoms with Gasteiger partial charge in [0.05, 0.1) is 11.1 Å². The highest BCUT2D eigenvalue weighted by molar-refractivity contribution is 7.22. The van der Waals surface area contributed by atoms with E-state index in [-0.39, 0.29) is 16.7 Å². The van der Waals surface area contributed by atoms with Crippen LogP contribution in [0.5, 0.6) is 0 Å². The first-order valence-electron chi connectivity index (χ1n) is 6.68. The van der Waals surface area contributed by atoms with Gasteiger partial charge >= 0.3 is 11.9 Å². The lowest BCUT2D eigenvalue weighted by Gasteiger charge is -2.10. The van der Waals surface area contributed by atoms with Gasteiger partial charge < -0.3 is 10.2 Å². The third-order valence-corrected chi connectivity index (χ3v) is 5.04. The molecule has 6 heteroatoms. The Kier molecular flexibility index (Phi) is 3.83. The lowest BCUT2D eigenvalue weighted by atomic mass is 9.96. The number of rotatable bonds is 3. The summed E-state index contributed by atoms with van der Waals surface area (Å²) < 4.78 is 0.987. The molecule has 0 aliphatic heterocycles. The van der Waals surface area contributed by atoms with Gasteiger partial charge in [-0.15, -0.1) is 11.3 Å². The summed E-state index contributed by atoms with van der Waals surface area (Å²) >= 11 is 7.43. The van der Waals surface area contributed by atoms with Gasteiger partial charge in [-0.05, 0) is 48.2 Å². The summed E-state index contributed by atoms with van der Waals surface area (Å²) in [5, 5.41) is 20.2. The molecule has 0 amide bonds. The van der Waals surface area contributed by atoms with Crippen LogP contribution in [0, 0.1) is 6.92 Å². The molecule has 3 aromatic rings. The molecular weight excluding hydrogens is 336 g/mol. The summed E-state index contributed by atoms with van der Waals surface area (Å²) in [6.45, 7) is 1.51. The molecule has 0 unspecified atom stereocenters. The number of halogens is 1. The molecule has 0 saturated carbocycles. The first kappa shape index (κ1) is 15.5. The van der Waals surface area contributed by atoms with Gasteiger partial charge in [-0.25, -0.2) is 9.59 Å². The Morgan fingerprint density at radius 2 is 1.78 bits per heavy atom. The molecule has 1 aromatic heterocycles. The minimum absolute atomic E-state index is 0.00435. The topological polar surface area (TPSA) is 74.6 Å². The van der Waals surface area contributed by atoms with Crippen molar-refractivity contribution in [1.82, 2.24) is 0 Å². The molecule has 3 rings (SSSR count). The Labute approximate surface area is 140 Å². The molecule has 0 radical (unpaired) electrons. The standard InChI is InChI=1S/C17H11ClO4S/c1-8-11(16(19)20)3-4-12(15(8)17(21)22)14-7-9-6-10(18)2-5-13(9)23-14/h2-7H,1H3,(H,19,20)(H,21,22). The number of benzene rings is 2. The highest BCUT2D eigenvalue weighted by Crippen LogP contribution is 2.37. The predicted octanol–water partition coefficient (Wildman–Crippen LogP) is 4.93. The molecule has 0 bridgehead atoms. The van der Waals surface area contributed by atoms with Gasteiger partial charge in [-0.1, -0.05) is 17.7 Å². The molecule has 23 heavy (non-hydrogen) atoms. The van der Waals surface area contributed by atoms with Gasteiger partial charge in [0.2, 0.25) is 0 Å². The van der Waals surface area contributed by atoms with E-state index in [1.54, 1.807) is 12.1 Å². The molecular formula is C17H11ClO4S. The second kappa shape index (κ2) is 5.68. The predicted molar refractivity (Wildman–Crippen MR) is 90.9 cm³/mol. The van der Waals surface area contributed by atoms with Crippen molar-refractivity contribution >= 4 is 45.0 Å². The Bertz CT molecular complexity index is 959. The fraction of sp³-hybridized carbons (Fsp3) is 0.0588. The van der Waals surface area contributed by atoms with Crippen LogP contribution in [0.3, 0.4) is 0 Å². The van der Waals surface area contributed by atoms with E-state index in [1.165, 1.54) is 24.3 Å². The van der Waals surface area contributed by atoms with Gasteiger partial charge in [0, 0.05) is 20.2 Å². The molecule has 0 aliphatic rings. The molecule has 116 valence electrons. The van der Waals surface area contributed by atoms with Crippen molar-refractivity contribution < 1.29 is 19.8 Å². The number of carboxylic acid groups (broad SMARTS) is 2. The van der Waals surface area contributed by atoms with E-state index in [2.05, 4.69) is 0 Å². The Morgan fingerprint density at radius 1 is 1.04 bits per heavy atom. The van der Waals surface area contributed by atoms with Crippen molar-refractivity contribution in [3.05, 3.63) is 58.1 Å². The van der Waals surface area contributed by atoms with E-state index in [4.69, 9.17) is 11.6 Å². The van der Waals surface area contributed by atoms with E-state index < -0.39 is 11.9 Å². The molecule has 2 N–H and O–H groups in total. The SMILES string of the molecule is Cc1c(C(=O)O)ccc(-c2cc3cc(Cl)ccc3s2)c1C(=O)O. The second-order valence-corrected chi connectivity index (χ2v) is 6.58. The Morgan fingerprint density at radius 3 is 2.43 bits per heavy atom. The highest BCUT2D eigenvalue weighted by atomic mass is 35.5. The van der Waals surface area contributed by atoms with Crippen LogP contribution < -0.4 is 0 Å². The molecule has 2 aromatic carbocycles. The van der Waals surface area contributed by atoms with Crippen molar-refractivity contribution in [2.45, 2.75) is 6.92 Å². The van der Waals surface area contributed by atoms with Crippen LogP contribution in [-0.2, 0) is 0 Å². The largest absolute Gasteiger partial charge is 0.478 e. The molecule has 0 fully saturated rings. The van der Waals surface area contributed by atoms with Gasteiger partial charge in [0.15, 0.2) is 0 Å². The smallest absolute Gasteiger partial charge is 0.336 e. The maximum atomic E-state index is 11.7. The number of carboxylic acids is 2. The summed E-state index contributed by atoms with van der Waals surface area (Å²) in [6, 6.07) is 10.3. The first-order valence-corrected chi connectivity index (χ1v) is 7.87. The summed E-state index contributed by atoms with van der Waals surface area (Å²) in [5.74, 6) is -2.28. The van der Waals surface area contributed by atoms with Gasteiger partial charge in [-0.3, -0.25) is 0 Å². The quantitative estimate of drug-likeness (QED) is 0.705. The maximum Gasteiger partial charge on any atom is 0.336 e. The van der Waals surface area contributed by atoms with Crippen LogP contribution in [0.25, 0.3) is 20.5 Å².